The largest absolute Gasteiger partial charge is 0.477 e. The van der Waals surface area contributed by atoms with Crippen molar-refractivity contribution in [3.8, 4) is 0 Å². The molecule has 0 bridgehead atoms. The van der Waals surface area contributed by atoms with Crippen LogP contribution in [0.2, 0.25) is 0 Å². The monoisotopic (exact) mass is 203 g/mol. The standard InChI is InChI=1S/C6H6BrNO2/c1-8-3-4(7)2-5(8)6(9)10/h2-3H,1H3,(H,9,10). The van der Waals surface area contributed by atoms with Gasteiger partial charge in [0.15, 0.2) is 0 Å². The third kappa shape index (κ3) is 1.21. The smallest absolute Gasteiger partial charge is 0.352 e. The summed E-state index contributed by atoms with van der Waals surface area (Å²) in [7, 11) is 1.69. The van der Waals surface area contributed by atoms with Crippen molar-refractivity contribution >= 4 is 21.9 Å². The molecule has 0 spiro atoms. The van der Waals surface area contributed by atoms with Crippen molar-refractivity contribution in [2.24, 2.45) is 7.05 Å². The summed E-state index contributed by atoms with van der Waals surface area (Å²) in [4.78, 5) is 10.4. The van der Waals surface area contributed by atoms with Crippen molar-refractivity contribution in [1.29, 1.82) is 0 Å². The number of halogens is 1. The summed E-state index contributed by atoms with van der Waals surface area (Å²) >= 11 is 3.17. The first kappa shape index (κ1) is 7.34. The van der Waals surface area contributed by atoms with Crippen molar-refractivity contribution in [2.75, 3.05) is 0 Å². The van der Waals surface area contributed by atoms with Gasteiger partial charge in [0.25, 0.3) is 0 Å². The van der Waals surface area contributed by atoms with Gasteiger partial charge in [-0.25, -0.2) is 4.79 Å². The molecule has 0 amide bonds. The molecule has 0 fully saturated rings. The molecule has 0 aromatic carbocycles. The van der Waals surface area contributed by atoms with Crippen LogP contribution >= 0.6 is 15.9 Å². The van der Waals surface area contributed by atoms with E-state index in [-0.39, 0.29) is 5.69 Å². The highest BCUT2D eigenvalue weighted by Gasteiger charge is 2.07. The number of aromatic carboxylic acids is 1. The zero-order valence-electron chi connectivity index (χ0n) is 5.34. The van der Waals surface area contributed by atoms with Gasteiger partial charge in [-0.2, -0.15) is 0 Å². The van der Waals surface area contributed by atoms with Gasteiger partial charge in [0.2, 0.25) is 0 Å². The number of carboxylic acids is 1. The molecule has 1 heterocycles. The number of carboxylic acid groups (broad SMARTS) is 1. The molecule has 0 aliphatic heterocycles. The lowest BCUT2D eigenvalue weighted by atomic mass is 10.4. The lowest BCUT2D eigenvalue weighted by Gasteiger charge is -1.92. The van der Waals surface area contributed by atoms with E-state index in [9.17, 15) is 4.79 Å². The maximum Gasteiger partial charge on any atom is 0.352 e. The minimum Gasteiger partial charge on any atom is -0.477 e. The highest BCUT2D eigenvalue weighted by molar-refractivity contribution is 9.10. The van der Waals surface area contributed by atoms with Crippen molar-refractivity contribution in [3.63, 3.8) is 0 Å². The first-order valence-corrected chi connectivity index (χ1v) is 3.45. The number of aryl methyl sites for hydroxylation is 1. The Bertz CT molecular complexity index is 267. The van der Waals surface area contributed by atoms with E-state index < -0.39 is 5.97 Å². The Labute approximate surface area is 66.4 Å². The van der Waals surface area contributed by atoms with Crippen LogP contribution in [0.25, 0.3) is 0 Å². The molecule has 54 valence electrons. The summed E-state index contributed by atoms with van der Waals surface area (Å²) in [6.45, 7) is 0. The molecule has 0 aliphatic carbocycles. The lowest BCUT2D eigenvalue weighted by Crippen LogP contribution is -2.02. The Morgan fingerprint density at radius 3 is 2.60 bits per heavy atom. The van der Waals surface area contributed by atoms with Gasteiger partial charge in [-0.3, -0.25) is 0 Å². The highest BCUT2D eigenvalue weighted by atomic mass is 79.9. The summed E-state index contributed by atoms with van der Waals surface area (Å²) < 4.78 is 2.33. The normalized spacial score (nSPS) is 9.80. The van der Waals surface area contributed by atoms with Gasteiger partial charge in [-0.1, -0.05) is 0 Å². The minimum absolute atomic E-state index is 0.284. The quantitative estimate of drug-likeness (QED) is 0.752. The molecule has 10 heavy (non-hydrogen) atoms. The zero-order chi connectivity index (χ0) is 7.72. The molecule has 3 nitrogen and oxygen atoms in total. The van der Waals surface area contributed by atoms with Crippen LogP contribution in [-0.2, 0) is 7.05 Å². The third-order valence-electron chi connectivity index (χ3n) is 1.19. The topological polar surface area (TPSA) is 42.2 Å². The maximum absolute atomic E-state index is 10.4. The first-order chi connectivity index (χ1) is 4.61. The van der Waals surface area contributed by atoms with Gasteiger partial charge in [-0.15, -0.1) is 0 Å². The molecule has 4 heteroatoms. The second-order valence-electron chi connectivity index (χ2n) is 1.96. The number of hydrogen-bond donors (Lipinski definition) is 1. The molecule has 0 unspecified atom stereocenters. The van der Waals surface area contributed by atoms with Crippen LogP contribution in [0.1, 0.15) is 10.5 Å². The number of aromatic nitrogens is 1. The molecule has 1 aromatic heterocycles. The van der Waals surface area contributed by atoms with Crippen LogP contribution in [0.5, 0.6) is 0 Å². The van der Waals surface area contributed by atoms with Gasteiger partial charge < -0.3 is 9.67 Å². The molecular formula is C6H6BrNO2. The number of nitrogens with zero attached hydrogens (tertiary/aromatic N) is 1. The fraction of sp³-hybridized carbons (Fsp3) is 0.167. The second kappa shape index (κ2) is 2.46. The van der Waals surface area contributed by atoms with Crippen molar-refractivity contribution < 1.29 is 9.90 Å². The Morgan fingerprint density at radius 1 is 1.80 bits per heavy atom. The van der Waals surface area contributed by atoms with Crippen LogP contribution in [0, 0.1) is 0 Å². The maximum atomic E-state index is 10.4. The molecule has 0 atom stereocenters. The highest BCUT2D eigenvalue weighted by Crippen LogP contribution is 2.12. The van der Waals surface area contributed by atoms with Crippen LogP contribution in [0.3, 0.4) is 0 Å². The van der Waals surface area contributed by atoms with Gasteiger partial charge in [-0.05, 0) is 22.0 Å². The number of rotatable bonds is 1. The average molecular weight is 204 g/mol. The molecular weight excluding hydrogens is 198 g/mol. The first-order valence-electron chi connectivity index (χ1n) is 2.66. The summed E-state index contributed by atoms with van der Waals surface area (Å²) in [5.41, 5.74) is 0.284. The van der Waals surface area contributed by atoms with E-state index in [2.05, 4.69) is 15.9 Å². The van der Waals surface area contributed by atoms with Crippen LogP contribution in [0.15, 0.2) is 16.7 Å². The Morgan fingerprint density at radius 2 is 2.40 bits per heavy atom. The van der Waals surface area contributed by atoms with E-state index in [0.717, 1.165) is 4.47 Å². The van der Waals surface area contributed by atoms with E-state index in [1.807, 2.05) is 0 Å². The summed E-state index contributed by atoms with van der Waals surface area (Å²) in [5, 5.41) is 8.54. The predicted molar refractivity (Wildman–Crippen MR) is 40.1 cm³/mol. The molecule has 1 aromatic rings. The van der Waals surface area contributed by atoms with Gasteiger partial charge in [0, 0.05) is 17.7 Å². The van der Waals surface area contributed by atoms with Crippen molar-refractivity contribution in [3.05, 3.63) is 22.4 Å². The van der Waals surface area contributed by atoms with E-state index >= 15 is 0 Å². The van der Waals surface area contributed by atoms with E-state index in [0.29, 0.717) is 0 Å². The molecule has 1 N–H and O–H groups in total. The Kier molecular flexibility index (Phi) is 1.80. The van der Waals surface area contributed by atoms with Crippen LogP contribution in [0.4, 0.5) is 0 Å². The summed E-state index contributed by atoms with van der Waals surface area (Å²) in [6, 6.07) is 1.56. The number of hydrogen-bond acceptors (Lipinski definition) is 1. The minimum atomic E-state index is -0.909. The average Bonchev–Trinajstić information content (AvgIpc) is 2.10. The second-order valence-corrected chi connectivity index (χ2v) is 2.88. The molecule has 0 saturated carbocycles. The Hall–Kier alpha value is -0.770. The summed E-state index contributed by atoms with van der Waals surface area (Å²) in [5.74, 6) is -0.909. The molecule has 0 aliphatic rings. The van der Waals surface area contributed by atoms with Crippen LogP contribution in [-0.4, -0.2) is 15.6 Å². The van der Waals surface area contributed by atoms with E-state index in [1.165, 1.54) is 0 Å². The zero-order valence-corrected chi connectivity index (χ0v) is 6.92. The van der Waals surface area contributed by atoms with Crippen molar-refractivity contribution in [1.82, 2.24) is 4.57 Å². The van der Waals surface area contributed by atoms with Crippen LogP contribution < -0.4 is 0 Å². The fourth-order valence-electron chi connectivity index (χ4n) is 0.737. The molecule has 1 rings (SSSR count). The lowest BCUT2D eigenvalue weighted by molar-refractivity contribution is 0.0686. The summed E-state index contributed by atoms with van der Waals surface area (Å²) in [6.07, 6.45) is 1.70. The molecule has 0 radical (unpaired) electrons. The van der Waals surface area contributed by atoms with Gasteiger partial charge in [0.1, 0.15) is 5.69 Å². The van der Waals surface area contributed by atoms with E-state index in [4.69, 9.17) is 5.11 Å². The Balaban J connectivity index is 3.15. The third-order valence-corrected chi connectivity index (χ3v) is 1.62. The van der Waals surface area contributed by atoms with Gasteiger partial charge in [0.05, 0.1) is 0 Å². The predicted octanol–water partition coefficient (Wildman–Crippen LogP) is 1.49. The van der Waals surface area contributed by atoms with Gasteiger partial charge >= 0.3 is 5.97 Å². The number of carbonyl (C=O) groups is 1. The van der Waals surface area contributed by atoms with Crippen molar-refractivity contribution in [2.45, 2.75) is 0 Å². The van der Waals surface area contributed by atoms with E-state index in [1.54, 1.807) is 23.9 Å². The fourth-order valence-corrected chi connectivity index (χ4v) is 1.26. The SMILES string of the molecule is Cn1cc(Br)cc1C(=O)O. The molecule has 0 saturated heterocycles.